The maximum atomic E-state index is 13.2. The zero-order chi connectivity index (χ0) is 20.9. The second-order valence-corrected chi connectivity index (χ2v) is 8.10. The number of benzene rings is 1. The number of nitrogens with zero attached hydrogens (tertiary/aromatic N) is 4. The lowest BCUT2D eigenvalue weighted by Gasteiger charge is -2.23. The molecule has 30 heavy (non-hydrogen) atoms. The Balaban J connectivity index is 1.63. The second kappa shape index (κ2) is 9.02. The fourth-order valence-electron chi connectivity index (χ4n) is 3.27. The third-order valence-electron chi connectivity index (χ3n) is 4.87. The Morgan fingerprint density at radius 2 is 1.97 bits per heavy atom. The van der Waals surface area contributed by atoms with Crippen LogP contribution in [0.5, 0.6) is 0 Å². The average molecular weight is 418 g/mol. The molecule has 152 valence electrons. The van der Waals surface area contributed by atoms with Gasteiger partial charge in [0.15, 0.2) is 0 Å². The van der Waals surface area contributed by atoms with Crippen LogP contribution < -0.4 is 5.32 Å². The Morgan fingerprint density at radius 3 is 2.63 bits per heavy atom. The van der Waals surface area contributed by atoms with Crippen molar-refractivity contribution in [3.63, 3.8) is 0 Å². The minimum atomic E-state index is -0.153. The highest BCUT2D eigenvalue weighted by molar-refractivity contribution is 7.10. The number of pyridine rings is 1. The van der Waals surface area contributed by atoms with Crippen molar-refractivity contribution in [1.82, 2.24) is 25.0 Å². The van der Waals surface area contributed by atoms with Crippen molar-refractivity contribution in [2.75, 3.05) is 20.6 Å². The summed E-state index contributed by atoms with van der Waals surface area (Å²) >= 11 is 1.69. The minimum Gasteiger partial charge on any atom is -0.350 e. The van der Waals surface area contributed by atoms with Gasteiger partial charge in [-0.05, 0) is 49.8 Å². The monoisotopic (exact) mass is 417 g/mol. The fourth-order valence-corrected chi connectivity index (χ4v) is 4.19. The number of thiophene rings is 1. The molecule has 1 amide bonds. The number of amides is 1. The molecule has 0 fully saturated rings. The predicted molar refractivity (Wildman–Crippen MR) is 120 cm³/mol. The molecule has 6 nitrogen and oxygen atoms in total. The number of nitrogens with one attached hydrogen (secondary N) is 1. The lowest BCUT2D eigenvalue weighted by atomic mass is 10.1. The first-order valence-electron chi connectivity index (χ1n) is 9.67. The molecule has 1 N–H and O–H groups in total. The summed E-state index contributed by atoms with van der Waals surface area (Å²) in [7, 11) is 4.04. The van der Waals surface area contributed by atoms with E-state index in [1.165, 1.54) is 4.88 Å². The van der Waals surface area contributed by atoms with E-state index in [4.69, 9.17) is 5.10 Å². The van der Waals surface area contributed by atoms with Gasteiger partial charge in [-0.3, -0.25) is 9.78 Å². The van der Waals surface area contributed by atoms with Gasteiger partial charge in [0.2, 0.25) is 0 Å². The number of hydrogen-bond acceptors (Lipinski definition) is 5. The van der Waals surface area contributed by atoms with Crippen molar-refractivity contribution in [2.45, 2.75) is 6.04 Å². The van der Waals surface area contributed by atoms with E-state index in [1.807, 2.05) is 62.6 Å². The number of para-hydroxylation sites is 1. The number of hydrogen-bond donors (Lipinski definition) is 1. The summed E-state index contributed by atoms with van der Waals surface area (Å²) in [6.07, 6.45) is 5.21. The van der Waals surface area contributed by atoms with Gasteiger partial charge in [0, 0.05) is 35.6 Å². The van der Waals surface area contributed by atoms with Crippen LogP contribution in [0.1, 0.15) is 21.3 Å². The summed E-state index contributed by atoms with van der Waals surface area (Å²) < 4.78 is 1.74. The molecule has 0 spiro atoms. The molecule has 0 aliphatic carbocycles. The second-order valence-electron chi connectivity index (χ2n) is 7.12. The van der Waals surface area contributed by atoms with Gasteiger partial charge in [-0.25, -0.2) is 4.68 Å². The Labute approximate surface area is 179 Å². The Hall–Kier alpha value is -3.29. The number of likely N-dealkylation sites (N-methyl/N-ethyl adjacent to an activating group) is 1. The fraction of sp³-hybridized carbons (Fsp3) is 0.174. The van der Waals surface area contributed by atoms with E-state index in [9.17, 15) is 4.79 Å². The Morgan fingerprint density at radius 1 is 1.13 bits per heavy atom. The van der Waals surface area contributed by atoms with Crippen LogP contribution in [0.2, 0.25) is 0 Å². The molecule has 1 atom stereocenters. The molecule has 0 saturated heterocycles. The summed E-state index contributed by atoms with van der Waals surface area (Å²) in [5, 5.41) is 9.84. The highest BCUT2D eigenvalue weighted by Crippen LogP contribution is 2.25. The molecular weight excluding hydrogens is 394 g/mol. The van der Waals surface area contributed by atoms with Crippen LogP contribution in [0.15, 0.2) is 78.6 Å². The predicted octanol–water partition coefficient (Wildman–Crippen LogP) is 4.03. The Kier molecular flexibility index (Phi) is 6.02. The largest absolute Gasteiger partial charge is 0.350 e. The summed E-state index contributed by atoms with van der Waals surface area (Å²) in [6.45, 7) is 0.509. The zero-order valence-corrected chi connectivity index (χ0v) is 17.7. The van der Waals surface area contributed by atoms with Gasteiger partial charge < -0.3 is 10.2 Å². The van der Waals surface area contributed by atoms with Gasteiger partial charge in [-0.1, -0.05) is 24.3 Å². The molecule has 4 aromatic rings. The normalized spacial score (nSPS) is 12.1. The highest BCUT2D eigenvalue weighted by atomic mass is 32.1. The van der Waals surface area contributed by atoms with Gasteiger partial charge in [0.05, 0.1) is 17.3 Å². The lowest BCUT2D eigenvalue weighted by molar-refractivity contribution is 0.0943. The standard InChI is InChI=1S/C23H23N5OS/c1-27(2)20(21-11-7-13-30-21)15-25-23(29)19-16-28(18-9-4-3-5-10-18)26-22(19)17-8-6-12-24-14-17/h3-14,16,20H,15H2,1-2H3,(H,25,29). The molecular formula is C23H23N5OS. The third kappa shape index (κ3) is 4.32. The number of carbonyl (C=O) groups excluding carboxylic acids is 1. The molecule has 3 heterocycles. The molecule has 0 saturated carbocycles. The van der Waals surface area contributed by atoms with Crippen LogP contribution in [0.3, 0.4) is 0 Å². The van der Waals surface area contributed by atoms with Crippen LogP contribution in [0.25, 0.3) is 16.9 Å². The Bertz CT molecular complexity index is 1090. The topological polar surface area (TPSA) is 63.1 Å². The number of aromatic nitrogens is 3. The molecule has 7 heteroatoms. The van der Waals surface area contributed by atoms with Crippen LogP contribution in [-0.2, 0) is 0 Å². The van der Waals surface area contributed by atoms with E-state index in [2.05, 4.69) is 26.6 Å². The van der Waals surface area contributed by atoms with Crippen LogP contribution in [0, 0.1) is 0 Å². The van der Waals surface area contributed by atoms with Crippen molar-refractivity contribution in [3.8, 4) is 16.9 Å². The summed E-state index contributed by atoms with van der Waals surface area (Å²) in [5.74, 6) is -0.153. The number of rotatable bonds is 7. The van der Waals surface area contributed by atoms with Crippen molar-refractivity contribution in [3.05, 3.63) is 89.0 Å². The van der Waals surface area contributed by atoms with Crippen molar-refractivity contribution in [1.29, 1.82) is 0 Å². The number of carbonyl (C=O) groups is 1. The molecule has 4 rings (SSSR count). The van der Waals surface area contributed by atoms with E-state index in [-0.39, 0.29) is 11.9 Å². The van der Waals surface area contributed by atoms with Crippen molar-refractivity contribution in [2.24, 2.45) is 0 Å². The van der Waals surface area contributed by atoms with Gasteiger partial charge in [0.25, 0.3) is 5.91 Å². The molecule has 0 bridgehead atoms. The first-order valence-corrected chi connectivity index (χ1v) is 10.5. The van der Waals surface area contributed by atoms with Gasteiger partial charge >= 0.3 is 0 Å². The first-order chi connectivity index (χ1) is 14.6. The molecule has 3 aromatic heterocycles. The van der Waals surface area contributed by atoms with E-state index >= 15 is 0 Å². The van der Waals surface area contributed by atoms with E-state index in [1.54, 1.807) is 34.6 Å². The third-order valence-corrected chi connectivity index (χ3v) is 5.84. The van der Waals surface area contributed by atoms with Crippen LogP contribution in [-0.4, -0.2) is 46.2 Å². The van der Waals surface area contributed by atoms with Gasteiger partial charge in [0.1, 0.15) is 5.69 Å². The smallest absolute Gasteiger partial charge is 0.255 e. The van der Waals surface area contributed by atoms with E-state index in [0.717, 1.165) is 11.3 Å². The maximum absolute atomic E-state index is 13.2. The molecule has 0 radical (unpaired) electrons. The van der Waals surface area contributed by atoms with Crippen LogP contribution in [0.4, 0.5) is 0 Å². The molecule has 1 aromatic carbocycles. The average Bonchev–Trinajstić information content (AvgIpc) is 3.45. The maximum Gasteiger partial charge on any atom is 0.255 e. The summed E-state index contributed by atoms with van der Waals surface area (Å²) in [4.78, 5) is 20.7. The van der Waals surface area contributed by atoms with E-state index in [0.29, 0.717) is 17.8 Å². The quantitative estimate of drug-likeness (QED) is 0.493. The molecule has 0 aliphatic rings. The zero-order valence-electron chi connectivity index (χ0n) is 16.9. The first kappa shape index (κ1) is 20.0. The molecule has 1 unspecified atom stereocenters. The van der Waals surface area contributed by atoms with Gasteiger partial charge in [-0.2, -0.15) is 5.10 Å². The minimum absolute atomic E-state index is 0.111. The molecule has 0 aliphatic heterocycles. The summed E-state index contributed by atoms with van der Waals surface area (Å²) in [6, 6.07) is 17.8. The van der Waals surface area contributed by atoms with Crippen molar-refractivity contribution >= 4 is 17.2 Å². The highest BCUT2D eigenvalue weighted by Gasteiger charge is 2.21. The van der Waals surface area contributed by atoms with Gasteiger partial charge in [-0.15, -0.1) is 11.3 Å². The summed E-state index contributed by atoms with van der Waals surface area (Å²) in [5.41, 5.74) is 2.84. The van der Waals surface area contributed by atoms with E-state index < -0.39 is 0 Å². The lowest BCUT2D eigenvalue weighted by Crippen LogP contribution is -2.34. The van der Waals surface area contributed by atoms with Crippen molar-refractivity contribution < 1.29 is 4.79 Å². The van der Waals surface area contributed by atoms with Crippen LogP contribution >= 0.6 is 11.3 Å². The SMILES string of the molecule is CN(C)C(CNC(=O)c1cn(-c2ccccc2)nc1-c1cccnc1)c1cccs1.